The first-order chi connectivity index (χ1) is 10.2. The van der Waals surface area contributed by atoms with Gasteiger partial charge in [0, 0.05) is 24.8 Å². The Labute approximate surface area is 123 Å². The number of amides is 3. The van der Waals surface area contributed by atoms with Crippen LogP contribution < -0.4 is 20.7 Å². The third kappa shape index (κ3) is 5.68. The van der Waals surface area contributed by atoms with Crippen molar-refractivity contribution in [2.75, 3.05) is 13.2 Å². The second-order valence-electron chi connectivity index (χ2n) is 4.81. The molecule has 0 spiro atoms. The van der Waals surface area contributed by atoms with Gasteiger partial charge in [0.05, 0.1) is 13.2 Å². The van der Waals surface area contributed by atoms with Gasteiger partial charge in [-0.15, -0.1) is 0 Å². The predicted molar refractivity (Wildman–Crippen MR) is 76.8 cm³/mol. The van der Waals surface area contributed by atoms with Crippen LogP contribution in [0.3, 0.4) is 0 Å². The first kappa shape index (κ1) is 15.1. The third-order valence-electron chi connectivity index (χ3n) is 2.90. The third-order valence-corrected chi connectivity index (χ3v) is 2.90. The van der Waals surface area contributed by atoms with Gasteiger partial charge in [-0.25, -0.2) is 9.78 Å². The minimum absolute atomic E-state index is 0.0110. The Balaban J connectivity index is 1.67. The number of ether oxygens (including phenoxy) is 1. The molecule has 3 amide bonds. The van der Waals surface area contributed by atoms with E-state index in [1.54, 1.807) is 18.3 Å². The molecule has 7 nitrogen and oxygen atoms in total. The fourth-order valence-electron chi connectivity index (χ4n) is 1.70. The van der Waals surface area contributed by atoms with Gasteiger partial charge in [0.1, 0.15) is 0 Å². The molecule has 0 bridgehead atoms. The highest BCUT2D eigenvalue weighted by Crippen LogP contribution is 2.18. The fraction of sp³-hybridized carbons (Fsp3) is 0.500. The molecule has 1 aliphatic rings. The molecule has 0 aromatic carbocycles. The van der Waals surface area contributed by atoms with Crippen molar-refractivity contribution in [3.8, 4) is 5.88 Å². The SMILES string of the molecule is CCOc1cc(CNC(=O)NCC(=O)NC2CC2)ccn1. The molecule has 1 aromatic rings. The van der Waals surface area contributed by atoms with Gasteiger partial charge in [0.15, 0.2) is 0 Å². The Morgan fingerprint density at radius 3 is 2.90 bits per heavy atom. The topological polar surface area (TPSA) is 92.4 Å². The summed E-state index contributed by atoms with van der Waals surface area (Å²) in [7, 11) is 0. The zero-order chi connectivity index (χ0) is 15.1. The summed E-state index contributed by atoms with van der Waals surface area (Å²) in [4.78, 5) is 27.0. The lowest BCUT2D eigenvalue weighted by Gasteiger charge is -2.09. The van der Waals surface area contributed by atoms with Crippen molar-refractivity contribution in [2.24, 2.45) is 0 Å². The highest BCUT2D eigenvalue weighted by Gasteiger charge is 2.23. The van der Waals surface area contributed by atoms with E-state index in [0.29, 0.717) is 25.1 Å². The minimum Gasteiger partial charge on any atom is -0.478 e. The van der Waals surface area contributed by atoms with Gasteiger partial charge in [-0.2, -0.15) is 0 Å². The molecule has 0 radical (unpaired) electrons. The molecule has 1 aliphatic carbocycles. The molecule has 21 heavy (non-hydrogen) atoms. The maximum Gasteiger partial charge on any atom is 0.315 e. The van der Waals surface area contributed by atoms with Crippen molar-refractivity contribution < 1.29 is 14.3 Å². The van der Waals surface area contributed by atoms with Crippen LogP contribution in [0.5, 0.6) is 5.88 Å². The number of hydrogen-bond acceptors (Lipinski definition) is 4. The van der Waals surface area contributed by atoms with Gasteiger partial charge < -0.3 is 20.7 Å². The monoisotopic (exact) mass is 292 g/mol. The van der Waals surface area contributed by atoms with Gasteiger partial charge in [0.25, 0.3) is 0 Å². The molecule has 1 aromatic heterocycles. The Morgan fingerprint density at radius 2 is 2.19 bits per heavy atom. The van der Waals surface area contributed by atoms with E-state index >= 15 is 0 Å². The minimum atomic E-state index is -0.379. The number of urea groups is 1. The van der Waals surface area contributed by atoms with E-state index in [-0.39, 0.29) is 18.5 Å². The van der Waals surface area contributed by atoms with Crippen molar-refractivity contribution in [2.45, 2.75) is 32.4 Å². The first-order valence-electron chi connectivity index (χ1n) is 7.06. The number of pyridine rings is 1. The van der Waals surface area contributed by atoms with Crippen molar-refractivity contribution in [1.29, 1.82) is 0 Å². The van der Waals surface area contributed by atoms with E-state index < -0.39 is 0 Å². The average Bonchev–Trinajstić information content (AvgIpc) is 3.28. The number of carbonyl (C=O) groups excluding carboxylic acids is 2. The Bertz CT molecular complexity index is 503. The zero-order valence-corrected chi connectivity index (χ0v) is 12.0. The molecular weight excluding hydrogens is 272 g/mol. The van der Waals surface area contributed by atoms with Crippen LogP contribution in [0.2, 0.25) is 0 Å². The predicted octanol–water partition coefficient (Wildman–Crippen LogP) is 0.558. The molecule has 1 heterocycles. The summed E-state index contributed by atoms with van der Waals surface area (Å²) in [5, 5.41) is 7.99. The molecule has 0 unspecified atom stereocenters. The van der Waals surface area contributed by atoms with Crippen LogP contribution in [0.25, 0.3) is 0 Å². The number of rotatable bonds is 7. The first-order valence-corrected chi connectivity index (χ1v) is 7.06. The van der Waals surface area contributed by atoms with Gasteiger partial charge in [0.2, 0.25) is 11.8 Å². The molecule has 0 atom stereocenters. The van der Waals surface area contributed by atoms with Crippen LogP contribution in [-0.2, 0) is 11.3 Å². The number of nitrogens with one attached hydrogen (secondary N) is 3. The maximum atomic E-state index is 11.6. The maximum absolute atomic E-state index is 11.6. The van der Waals surface area contributed by atoms with Gasteiger partial charge in [-0.3, -0.25) is 4.79 Å². The van der Waals surface area contributed by atoms with Gasteiger partial charge >= 0.3 is 6.03 Å². The van der Waals surface area contributed by atoms with E-state index in [4.69, 9.17) is 4.74 Å². The molecule has 0 aliphatic heterocycles. The van der Waals surface area contributed by atoms with Gasteiger partial charge in [-0.05, 0) is 31.4 Å². The summed E-state index contributed by atoms with van der Waals surface area (Å²) in [6.45, 7) is 2.76. The molecule has 0 saturated heterocycles. The summed E-state index contributed by atoms with van der Waals surface area (Å²) in [6.07, 6.45) is 3.69. The summed E-state index contributed by atoms with van der Waals surface area (Å²) in [6, 6.07) is 3.48. The molecule has 7 heteroatoms. The average molecular weight is 292 g/mol. The summed E-state index contributed by atoms with van der Waals surface area (Å²) < 4.78 is 5.28. The van der Waals surface area contributed by atoms with Crippen LogP contribution in [0.4, 0.5) is 4.79 Å². The second kappa shape index (κ2) is 7.47. The van der Waals surface area contributed by atoms with Crippen LogP contribution in [-0.4, -0.2) is 36.1 Å². The highest BCUT2D eigenvalue weighted by molar-refractivity contribution is 5.84. The molecule has 1 fully saturated rings. The van der Waals surface area contributed by atoms with E-state index in [9.17, 15) is 9.59 Å². The Kier molecular flexibility index (Phi) is 5.36. The number of aromatic nitrogens is 1. The largest absolute Gasteiger partial charge is 0.478 e. The molecule has 3 N–H and O–H groups in total. The molecular formula is C14H20N4O3. The van der Waals surface area contributed by atoms with E-state index in [0.717, 1.165) is 18.4 Å². The standard InChI is InChI=1S/C14H20N4O3/c1-2-21-13-7-10(5-6-15-13)8-16-14(20)17-9-12(19)18-11-3-4-11/h5-7,11H,2-4,8-9H2,1H3,(H,18,19)(H2,16,17,20). The lowest BCUT2D eigenvalue weighted by Crippen LogP contribution is -2.42. The lowest BCUT2D eigenvalue weighted by molar-refractivity contribution is -0.120. The lowest BCUT2D eigenvalue weighted by atomic mass is 10.2. The Morgan fingerprint density at radius 1 is 1.38 bits per heavy atom. The van der Waals surface area contributed by atoms with Crippen molar-refractivity contribution >= 4 is 11.9 Å². The Hall–Kier alpha value is -2.31. The normalized spacial score (nSPS) is 13.4. The second-order valence-corrected chi connectivity index (χ2v) is 4.81. The van der Waals surface area contributed by atoms with Crippen LogP contribution in [0, 0.1) is 0 Å². The van der Waals surface area contributed by atoms with Crippen molar-refractivity contribution in [3.05, 3.63) is 23.9 Å². The van der Waals surface area contributed by atoms with E-state index in [1.807, 2.05) is 6.92 Å². The molecule has 1 saturated carbocycles. The number of hydrogen-bond donors (Lipinski definition) is 3. The number of carbonyl (C=O) groups is 2. The zero-order valence-electron chi connectivity index (χ0n) is 12.0. The van der Waals surface area contributed by atoms with Gasteiger partial charge in [-0.1, -0.05) is 0 Å². The van der Waals surface area contributed by atoms with E-state index in [1.165, 1.54) is 0 Å². The van der Waals surface area contributed by atoms with E-state index in [2.05, 4.69) is 20.9 Å². The van der Waals surface area contributed by atoms with Crippen molar-refractivity contribution in [3.63, 3.8) is 0 Å². The quantitative estimate of drug-likeness (QED) is 0.684. The van der Waals surface area contributed by atoms with Crippen LogP contribution in [0.1, 0.15) is 25.3 Å². The highest BCUT2D eigenvalue weighted by atomic mass is 16.5. The molecule has 2 rings (SSSR count). The van der Waals surface area contributed by atoms with Crippen LogP contribution in [0.15, 0.2) is 18.3 Å². The summed E-state index contributed by atoms with van der Waals surface area (Å²) in [5.74, 6) is 0.371. The summed E-state index contributed by atoms with van der Waals surface area (Å²) >= 11 is 0. The summed E-state index contributed by atoms with van der Waals surface area (Å²) in [5.41, 5.74) is 0.881. The smallest absolute Gasteiger partial charge is 0.315 e. The number of nitrogens with zero attached hydrogens (tertiary/aromatic N) is 1. The van der Waals surface area contributed by atoms with Crippen LogP contribution >= 0.6 is 0 Å². The molecule has 114 valence electrons. The van der Waals surface area contributed by atoms with Crippen molar-refractivity contribution in [1.82, 2.24) is 20.9 Å². The fourth-order valence-corrected chi connectivity index (χ4v) is 1.70.